The van der Waals surface area contributed by atoms with Crippen molar-refractivity contribution in [3.8, 4) is 0 Å². The monoisotopic (exact) mass is 300 g/mol. The van der Waals surface area contributed by atoms with Crippen LogP contribution < -0.4 is 0 Å². The van der Waals surface area contributed by atoms with Gasteiger partial charge in [0, 0.05) is 37.4 Å². The molecule has 0 spiro atoms. The Bertz CT molecular complexity index is 531. The minimum Gasteiger partial charge on any atom is -0.341 e. The molecule has 22 heavy (non-hydrogen) atoms. The van der Waals surface area contributed by atoms with E-state index in [-0.39, 0.29) is 5.92 Å². The molecule has 2 atom stereocenters. The molecule has 1 fully saturated rings. The molecule has 1 aliphatic carbocycles. The number of carbonyl (C=O) groups excluding carboxylic acids is 1. The van der Waals surface area contributed by atoms with E-state index in [0.717, 1.165) is 51.1 Å². The van der Waals surface area contributed by atoms with E-state index in [1.54, 1.807) is 12.4 Å². The molecule has 0 saturated carbocycles. The topological polar surface area (TPSA) is 49.3 Å². The summed E-state index contributed by atoms with van der Waals surface area (Å²) in [5.74, 6) is 1.38. The molecule has 3 rings (SSSR count). The van der Waals surface area contributed by atoms with Gasteiger partial charge in [0.1, 0.15) is 5.82 Å². The first-order chi connectivity index (χ1) is 10.7. The van der Waals surface area contributed by atoms with Gasteiger partial charge in [-0.15, -0.1) is 0 Å². The van der Waals surface area contributed by atoms with Crippen LogP contribution in [0.1, 0.15) is 31.5 Å². The van der Waals surface area contributed by atoms with Crippen molar-refractivity contribution in [1.82, 2.24) is 19.8 Å². The number of likely N-dealkylation sites (tertiary alicyclic amines) is 1. The lowest BCUT2D eigenvalue weighted by molar-refractivity contribution is -0.134. The summed E-state index contributed by atoms with van der Waals surface area (Å²) in [4.78, 5) is 25.4. The van der Waals surface area contributed by atoms with Crippen LogP contribution in [0.5, 0.6) is 0 Å². The molecule has 1 aromatic rings. The van der Waals surface area contributed by atoms with Gasteiger partial charge >= 0.3 is 0 Å². The third kappa shape index (κ3) is 3.53. The maximum absolute atomic E-state index is 12.6. The summed E-state index contributed by atoms with van der Waals surface area (Å²) >= 11 is 0. The number of allylic oxidation sites excluding steroid dienone is 2. The number of likely N-dealkylation sites (N-methyl/N-ethyl adjacent to an activating group) is 1. The number of amides is 1. The van der Waals surface area contributed by atoms with E-state index in [9.17, 15) is 4.79 Å². The molecule has 0 N–H and O–H groups in total. The standard InChI is InChI=1S/C17H24N4O/c1-20(13-16-18-9-5-10-19-16)15-8-11-21(12-15)17(22)14-6-3-2-4-7-14/h2-3,5,9-10,14-15H,4,6-8,11-13H2,1H3/t14-,15+/m0/s1. The van der Waals surface area contributed by atoms with Gasteiger partial charge in [0.05, 0.1) is 6.54 Å². The number of carbonyl (C=O) groups is 1. The number of hydrogen-bond acceptors (Lipinski definition) is 4. The second-order valence-electron chi connectivity index (χ2n) is 6.29. The highest BCUT2D eigenvalue weighted by Crippen LogP contribution is 2.24. The highest BCUT2D eigenvalue weighted by Gasteiger charge is 2.32. The first-order valence-corrected chi connectivity index (χ1v) is 8.14. The van der Waals surface area contributed by atoms with Crippen LogP contribution in [-0.2, 0) is 11.3 Å². The summed E-state index contributed by atoms with van der Waals surface area (Å²) in [6, 6.07) is 2.24. The van der Waals surface area contributed by atoms with E-state index < -0.39 is 0 Å². The van der Waals surface area contributed by atoms with Crippen LogP contribution in [-0.4, -0.2) is 51.9 Å². The van der Waals surface area contributed by atoms with Gasteiger partial charge in [0.2, 0.25) is 5.91 Å². The number of rotatable bonds is 4. The van der Waals surface area contributed by atoms with E-state index in [4.69, 9.17) is 0 Å². The van der Waals surface area contributed by atoms with Gasteiger partial charge in [-0.05, 0) is 38.8 Å². The number of nitrogens with zero attached hydrogens (tertiary/aromatic N) is 4. The van der Waals surface area contributed by atoms with Crippen molar-refractivity contribution in [3.05, 3.63) is 36.4 Å². The smallest absolute Gasteiger partial charge is 0.226 e. The van der Waals surface area contributed by atoms with Gasteiger partial charge < -0.3 is 4.90 Å². The average Bonchev–Trinajstić information content (AvgIpc) is 3.06. The summed E-state index contributed by atoms with van der Waals surface area (Å²) in [5.41, 5.74) is 0. The van der Waals surface area contributed by atoms with Crippen molar-refractivity contribution >= 4 is 5.91 Å². The molecular formula is C17H24N4O. The van der Waals surface area contributed by atoms with Crippen LogP contribution in [0.15, 0.2) is 30.6 Å². The molecule has 0 bridgehead atoms. The second kappa shape index (κ2) is 7.01. The molecule has 5 heteroatoms. The zero-order valence-corrected chi connectivity index (χ0v) is 13.2. The average molecular weight is 300 g/mol. The largest absolute Gasteiger partial charge is 0.341 e. The van der Waals surface area contributed by atoms with Crippen LogP contribution in [0, 0.1) is 5.92 Å². The Hall–Kier alpha value is -1.75. The molecule has 0 unspecified atom stereocenters. The Morgan fingerprint density at radius 3 is 2.86 bits per heavy atom. The van der Waals surface area contributed by atoms with Gasteiger partial charge in [0.25, 0.3) is 0 Å². The summed E-state index contributed by atoms with van der Waals surface area (Å²) < 4.78 is 0. The van der Waals surface area contributed by atoms with Crippen molar-refractivity contribution in [3.63, 3.8) is 0 Å². The summed E-state index contributed by atoms with van der Waals surface area (Å²) in [6.45, 7) is 2.45. The van der Waals surface area contributed by atoms with Crippen molar-refractivity contribution in [1.29, 1.82) is 0 Å². The molecule has 1 aromatic heterocycles. The molecule has 5 nitrogen and oxygen atoms in total. The van der Waals surface area contributed by atoms with Crippen molar-refractivity contribution in [2.24, 2.45) is 5.92 Å². The lowest BCUT2D eigenvalue weighted by Gasteiger charge is -2.26. The highest BCUT2D eigenvalue weighted by atomic mass is 16.2. The van der Waals surface area contributed by atoms with Crippen molar-refractivity contribution < 1.29 is 4.79 Å². The van der Waals surface area contributed by atoms with E-state index >= 15 is 0 Å². The first kappa shape index (κ1) is 15.2. The number of aromatic nitrogens is 2. The molecule has 1 aliphatic heterocycles. The third-order valence-electron chi connectivity index (χ3n) is 4.73. The quantitative estimate of drug-likeness (QED) is 0.797. The highest BCUT2D eigenvalue weighted by molar-refractivity contribution is 5.79. The zero-order chi connectivity index (χ0) is 15.4. The Kier molecular flexibility index (Phi) is 4.83. The lowest BCUT2D eigenvalue weighted by Crippen LogP contribution is -2.39. The van der Waals surface area contributed by atoms with Gasteiger partial charge in [-0.3, -0.25) is 9.69 Å². The summed E-state index contributed by atoms with van der Waals surface area (Å²) in [6.07, 6.45) is 11.9. The minimum atomic E-state index is 0.200. The van der Waals surface area contributed by atoms with Gasteiger partial charge in [-0.2, -0.15) is 0 Å². The van der Waals surface area contributed by atoms with E-state index in [2.05, 4.69) is 39.0 Å². The van der Waals surface area contributed by atoms with E-state index in [1.165, 1.54) is 0 Å². The van der Waals surface area contributed by atoms with E-state index in [1.807, 2.05) is 6.07 Å². The van der Waals surface area contributed by atoms with Crippen LogP contribution in [0.4, 0.5) is 0 Å². The fraction of sp³-hybridized carbons (Fsp3) is 0.588. The molecule has 1 saturated heterocycles. The fourth-order valence-corrected chi connectivity index (χ4v) is 3.34. The molecule has 2 aliphatic rings. The predicted molar refractivity (Wildman–Crippen MR) is 85.0 cm³/mol. The minimum absolute atomic E-state index is 0.200. The van der Waals surface area contributed by atoms with Crippen molar-refractivity contribution in [2.75, 3.05) is 20.1 Å². The molecule has 2 heterocycles. The molecule has 1 amide bonds. The van der Waals surface area contributed by atoms with Crippen molar-refractivity contribution in [2.45, 2.75) is 38.3 Å². The van der Waals surface area contributed by atoms with E-state index in [0.29, 0.717) is 11.9 Å². The normalized spacial score (nSPS) is 24.9. The first-order valence-electron chi connectivity index (χ1n) is 8.14. The summed E-state index contributed by atoms with van der Waals surface area (Å²) in [7, 11) is 2.10. The molecular weight excluding hydrogens is 276 g/mol. The lowest BCUT2D eigenvalue weighted by atomic mass is 9.93. The maximum Gasteiger partial charge on any atom is 0.226 e. The van der Waals surface area contributed by atoms with Crippen LogP contribution in [0.2, 0.25) is 0 Å². The maximum atomic E-state index is 12.6. The third-order valence-corrected chi connectivity index (χ3v) is 4.73. The second-order valence-corrected chi connectivity index (χ2v) is 6.29. The molecule has 0 radical (unpaired) electrons. The Balaban J connectivity index is 1.53. The SMILES string of the molecule is CN(Cc1ncccn1)[C@@H]1CCN(C(=O)[C@H]2CC=CCC2)C1. The number of hydrogen-bond donors (Lipinski definition) is 0. The Morgan fingerprint density at radius 2 is 2.14 bits per heavy atom. The van der Waals surface area contributed by atoms with Crippen LogP contribution in [0.25, 0.3) is 0 Å². The fourth-order valence-electron chi connectivity index (χ4n) is 3.34. The van der Waals surface area contributed by atoms with Gasteiger partial charge in [-0.1, -0.05) is 12.2 Å². The van der Waals surface area contributed by atoms with Gasteiger partial charge in [0.15, 0.2) is 0 Å². The van der Waals surface area contributed by atoms with Gasteiger partial charge in [-0.25, -0.2) is 9.97 Å². The Morgan fingerprint density at radius 1 is 1.32 bits per heavy atom. The summed E-state index contributed by atoms with van der Waals surface area (Å²) in [5, 5.41) is 0. The van der Waals surface area contributed by atoms with Crippen LogP contribution in [0.3, 0.4) is 0 Å². The Labute approximate surface area is 132 Å². The predicted octanol–water partition coefficient (Wildman–Crippen LogP) is 1.87. The molecule has 0 aromatic carbocycles. The zero-order valence-electron chi connectivity index (χ0n) is 13.2. The van der Waals surface area contributed by atoms with Crippen LogP contribution >= 0.6 is 0 Å². The molecule has 118 valence electrons.